The van der Waals surface area contributed by atoms with Gasteiger partial charge in [-0.15, -0.1) is 0 Å². The Hall–Kier alpha value is -4.42. The van der Waals surface area contributed by atoms with Gasteiger partial charge >= 0.3 is 24.1 Å². The van der Waals surface area contributed by atoms with Crippen molar-refractivity contribution in [1.82, 2.24) is 9.80 Å². The molecule has 2 aromatic carbocycles. The Kier molecular flexibility index (Phi) is 25.2. The van der Waals surface area contributed by atoms with E-state index in [2.05, 4.69) is 53.7 Å². The summed E-state index contributed by atoms with van der Waals surface area (Å²) in [7, 11) is 3.92. The van der Waals surface area contributed by atoms with Crippen LogP contribution in [0, 0.1) is 11.8 Å². The summed E-state index contributed by atoms with van der Waals surface area (Å²) in [6.07, 6.45) is 1.56. The number of benzene rings is 2. The van der Waals surface area contributed by atoms with E-state index in [0.29, 0.717) is 48.7 Å². The first kappa shape index (κ1) is 63.9. The van der Waals surface area contributed by atoms with Crippen LogP contribution in [-0.4, -0.2) is 137 Å². The Labute approximate surface area is 444 Å². The van der Waals surface area contributed by atoms with E-state index in [1.807, 2.05) is 43.3 Å². The molecule has 2 aliphatic rings. The molecule has 74 heavy (non-hydrogen) atoms. The van der Waals surface area contributed by atoms with Crippen LogP contribution in [0.15, 0.2) is 48.5 Å². The molecule has 2 saturated heterocycles. The number of carbonyl (C=O) groups excluding carboxylic acids is 4. The first-order valence-electron chi connectivity index (χ1n) is 26.6. The van der Waals surface area contributed by atoms with Crippen molar-refractivity contribution in [3.05, 3.63) is 59.7 Å². The fraction of sp³-hybridized carbons (Fsp3) is 0.719. The van der Waals surface area contributed by atoms with Crippen LogP contribution in [-0.2, 0) is 55.3 Å². The van der Waals surface area contributed by atoms with Gasteiger partial charge in [-0.1, -0.05) is 78.6 Å². The van der Waals surface area contributed by atoms with E-state index in [1.54, 1.807) is 62.7 Å². The van der Waals surface area contributed by atoms with Gasteiger partial charge in [0.25, 0.3) is 0 Å². The second-order valence-corrected chi connectivity index (χ2v) is 28.3. The zero-order valence-electron chi connectivity index (χ0n) is 48.2. The Balaban J connectivity index is 0.000000405. The van der Waals surface area contributed by atoms with Crippen LogP contribution in [0.1, 0.15) is 147 Å². The summed E-state index contributed by atoms with van der Waals surface area (Å²) in [5.41, 5.74) is 1.98. The standard InChI is InChI=1S/C33H57NO7Si.C24H37NO7/c1-22(2)42(23(3)4,24(5)6)41-30-25(7)39-31(35)29(34(21-37-11)32(36)40-33(8,9)10)15-13-14-27(30)20-26-16-18-28(38-12)19-17-26;1-16-21(26)18(14-17-10-12-19(30-6)13-11-17)8-7-9-20(22(27)31-16)25(15-29-5)23(28)32-24(2,3)4/h16-19,22-25,27,29-30H,13-15,20-21H2,1-12H3;10-13,16,18,20-21,26H,7-9,14-15H2,1-6H3/t25-,27+,29-,30-;16-,18+,20-,21-/m00/s1. The van der Waals surface area contributed by atoms with Gasteiger partial charge in [0.2, 0.25) is 8.32 Å². The van der Waals surface area contributed by atoms with Crippen molar-refractivity contribution < 1.29 is 66.6 Å². The van der Waals surface area contributed by atoms with Gasteiger partial charge in [0.05, 0.1) is 26.4 Å². The highest BCUT2D eigenvalue weighted by Gasteiger charge is 2.50. The van der Waals surface area contributed by atoms with Gasteiger partial charge in [0, 0.05) is 14.2 Å². The maximum absolute atomic E-state index is 13.8. The minimum absolute atomic E-state index is 0.0671. The summed E-state index contributed by atoms with van der Waals surface area (Å²) in [5, 5.41) is 10.9. The Morgan fingerprint density at radius 1 is 0.608 bits per heavy atom. The number of hydrogen-bond acceptors (Lipinski definition) is 14. The van der Waals surface area contributed by atoms with Crippen molar-refractivity contribution in [3.63, 3.8) is 0 Å². The lowest BCUT2D eigenvalue weighted by molar-refractivity contribution is -0.163. The van der Waals surface area contributed by atoms with E-state index >= 15 is 0 Å². The third-order valence-electron chi connectivity index (χ3n) is 14.1. The molecule has 4 rings (SSSR count). The SMILES string of the molecule is COCN(C(=O)OC(C)(C)C)[C@H]1CCC[C@H](Cc2ccc(OC)cc2)[C@@H](O)[C@H](C)OC1=O.COCN(C(=O)OC(C)(C)C)[C@H]1CCC[C@H](Cc2ccc(OC)cc2)[C@@H](O[Si](C(C)C)(C(C)C)C(C)C)[C@H](C)OC1=O. The molecule has 2 fully saturated rings. The number of aliphatic hydroxyl groups is 1. The lowest BCUT2D eigenvalue weighted by Crippen LogP contribution is -2.55. The molecule has 2 amide bonds. The number of rotatable bonds is 17. The number of ether oxygens (including phenoxy) is 8. The van der Waals surface area contributed by atoms with Crippen LogP contribution in [0.3, 0.4) is 0 Å². The summed E-state index contributed by atoms with van der Waals surface area (Å²) < 4.78 is 51.4. The topological polar surface area (TPSA) is 178 Å². The number of carbonyl (C=O) groups is 4. The molecule has 1 N–H and O–H groups in total. The predicted octanol–water partition coefficient (Wildman–Crippen LogP) is 11.3. The largest absolute Gasteiger partial charge is 0.497 e. The third kappa shape index (κ3) is 18.7. The molecule has 0 bridgehead atoms. The van der Waals surface area contributed by atoms with Gasteiger partial charge in [0.15, 0.2) is 0 Å². The molecule has 0 aromatic heterocycles. The minimum atomic E-state index is -2.32. The van der Waals surface area contributed by atoms with Crippen LogP contribution >= 0.6 is 0 Å². The molecule has 2 aliphatic heterocycles. The smallest absolute Gasteiger partial charge is 0.412 e. The molecule has 420 valence electrons. The van der Waals surface area contributed by atoms with E-state index in [0.717, 1.165) is 36.3 Å². The van der Waals surface area contributed by atoms with Crippen molar-refractivity contribution in [2.24, 2.45) is 11.8 Å². The Bertz CT molecular complexity index is 2000. The lowest BCUT2D eigenvalue weighted by Gasteiger charge is -2.47. The van der Waals surface area contributed by atoms with Crippen LogP contribution in [0.4, 0.5) is 9.59 Å². The minimum Gasteiger partial charge on any atom is -0.497 e. The molecule has 2 heterocycles. The molecule has 16 nitrogen and oxygen atoms in total. The van der Waals surface area contributed by atoms with E-state index < -0.39 is 74.0 Å². The van der Waals surface area contributed by atoms with Crippen molar-refractivity contribution in [3.8, 4) is 11.5 Å². The van der Waals surface area contributed by atoms with Crippen LogP contribution < -0.4 is 9.47 Å². The fourth-order valence-corrected chi connectivity index (χ4v) is 16.2. The summed E-state index contributed by atoms with van der Waals surface area (Å²) in [4.78, 5) is 55.3. The second-order valence-electron chi connectivity index (χ2n) is 22.9. The molecule has 0 unspecified atom stereocenters. The first-order chi connectivity index (χ1) is 34.6. The monoisotopic (exact) mass is 1060 g/mol. The number of cyclic esters (lactones) is 2. The third-order valence-corrected chi connectivity index (χ3v) is 20.1. The zero-order valence-corrected chi connectivity index (χ0v) is 49.2. The normalized spacial score (nSPS) is 23.3. The van der Waals surface area contributed by atoms with E-state index in [9.17, 15) is 24.3 Å². The molecule has 2 aromatic rings. The molecule has 0 radical (unpaired) electrons. The summed E-state index contributed by atoms with van der Waals surface area (Å²) >= 11 is 0. The van der Waals surface area contributed by atoms with Crippen molar-refractivity contribution in [2.75, 3.05) is 41.9 Å². The van der Waals surface area contributed by atoms with Gasteiger partial charge in [-0.3, -0.25) is 9.80 Å². The fourth-order valence-electron chi connectivity index (χ4n) is 10.6. The highest BCUT2D eigenvalue weighted by atomic mass is 28.4. The van der Waals surface area contributed by atoms with Crippen LogP contribution in [0.2, 0.25) is 16.6 Å². The van der Waals surface area contributed by atoms with Crippen LogP contribution in [0.25, 0.3) is 0 Å². The van der Waals surface area contributed by atoms with Crippen molar-refractivity contribution in [1.29, 1.82) is 0 Å². The molecule has 0 spiro atoms. The maximum atomic E-state index is 13.8. The number of aliphatic hydroxyl groups excluding tert-OH is 1. The maximum Gasteiger partial charge on any atom is 0.412 e. The summed E-state index contributed by atoms with van der Waals surface area (Å²) in [6.45, 7) is 27.8. The van der Waals surface area contributed by atoms with Gasteiger partial charge in [-0.05, 0) is 158 Å². The van der Waals surface area contributed by atoms with Gasteiger partial charge < -0.3 is 47.4 Å². The number of esters is 2. The molecular weight excluding hydrogens is 965 g/mol. The Morgan fingerprint density at radius 2 is 0.973 bits per heavy atom. The summed E-state index contributed by atoms with van der Waals surface area (Å²) in [6, 6.07) is 14.2. The highest BCUT2D eigenvalue weighted by molar-refractivity contribution is 6.77. The van der Waals surface area contributed by atoms with Gasteiger partial charge in [-0.25, -0.2) is 19.2 Å². The van der Waals surface area contributed by atoms with Crippen molar-refractivity contribution >= 4 is 32.4 Å². The average molecular weight is 1060 g/mol. The van der Waals surface area contributed by atoms with E-state index in [1.165, 1.54) is 29.6 Å². The predicted molar refractivity (Wildman–Crippen MR) is 289 cm³/mol. The average Bonchev–Trinajstić information content (AvgIpc) is 3.39. The number of amides is 2. The highest BCUT2D eigenvalue weighted by Crippen LogP contribution is 2.45. The molecule has 0 saturated carbocycles. The van der Waals surface area contributed by atoms with Crippen molar-refractivity contribution in [2.45, 2.75) is 213 Å². The molecule has 17 heteroatoms. The molecule has 8 atom stereocenters. The number of nitrogens with zero attached hydrogens (tertiary/aromatic N) is 2. The lowest BCUT2D eigenvalue weighted by atomic mass is 9.87. The van der Waals surface area contributed by atoms with E-state index in [4.69, 9.17) is 42.3 Å². The Morgan fingerprint density at radius 3 is 1.32 bits per heavy atom. The molecule has 0 aliphatic carbocycles. The van der Waals surface area contributed by atoms with E-state index in [-0.39, 0.29) is 31.4 Å². The van der Waals surface area contributed by atoms with Gasteiger partial charge in [-0.2, -0.15) is 0 Å². The number of methoxy groups -OCH3 is 4. The van der Waals surface area contributed by atoms with Gasteiger partial charge in [0.1, 0.15) is 60.5 Å². The first-order valence-corrected chi connectivity index (χ1v) is 28.8. The summed E-state index contributed by atoms with van der Waals surface area (Å²) in [5.74, 6) is 0.592. The van der Waals surface area contributed by atoms with Crippen LogP contribution in [0.5, 0.6) is 11.5 Å². The quantitative estimate of drug-likeness (QED) is 0.0685. The zero-order chi connectivity index (χ0) is 55.7. The number of hydrogen-bond donors (Lipinski definition) is 1. The second kappa shape index (κ2) is 29.2. The molecular formula is C57H94N2O14Si.